The fraction of sp³-hybridized carbons (Fsp3) is 0.0385. The van der Waals surface area contributed by atoms with E-state index in [-0.39, 0.29) is 12.5 Å². The molecule has 0 radical (unpaired) electrons. The third-order valence-electron chi connectivity index (χ3n) is 4.87. The summed E-state index contributed by atoms with van der Waals surface area (Å²) >= 11 is 3.50. The predicted molar refractivity (Wildman–Crippen MR) is 129 cm³/mol. The van der Waals surface area contributed by atoms with Crippen molar-refractivity contribution in [1.29, 1.82) is 5.26 Å². The first-order valence-corrected chi connectivity index (χ1v) is 10.7. The third-order valence-corrected chi connectivity index (χ3v) is 5.49. The van der Waals surface area contributed by atoms with Crippen LogP contribution in [0.1, 0.15) is 27.0 Å². The number of halogens is 1. The highest BCUT2D eigenvalue weighted by Gasteiger charge is 2.07. The van der Waals surface area contributed by atoms with Crippen LogP contribution >= 0.6 is 15.9 Å². The van der Waals surface area contributed by atoms with Crippen molar-refractivity contribution in [3.8, 4) is 11.8 Å². The van der Waals surface area contributed by atoms with Gasteiger partial charge in [0.1, 0.15) is 12.4 Å². The number of hydrogen-bond acceptors (Lipinski definition) is 4. The second-order valence-electron chi connectivity index (χ2n) is 7.01. The molecule has 0 saturated carbocycles. The van der Waals surface area contributed by atoms with Crippen LogP contribution in [0.25, 0.3) is 10.8 Å². The van der Waals surface area contributed by atoms with Gasteiger partial charge in [0.2, 0.25) is 0 Å². The fourth-order valence-electron chi connectivity index (χ4n) is 3.19. The highest BCUT2D eigenvalue weighted by Crippen LogP contribution is 2.26. The Bertz CT molecular complexity index is 1360. The van der Waals surface area contributed by atoms with Crippen LogP contribution in [-0.4, -0.2) is 12.1 Å². The van der Waals surface area contributed by atoms with Crippen molar-refractivity contribution in [3.63, 3.8) is 0 Å². The Hall–Kier alpha value is -3.95. The average molecular weight is 484 g/mol. The summed E-state index contributed by atoms with van der Waals surface area (Å²) in [7, 11) is 0. The molecule has 0 bridgehead atoms. The second-order valence-corrected chi connectivity index (χ2v) is 7.86. The molecule has 0 aliphatic carbocycles. The summed E-state index contributed by atoms with van der Waals surface area (Å²) in [5.74, 6) is 0.372. The summed E-state index contributed by atoms with van der Waals surface area (Å²) in [6.45, 7) is 0.289. The first-order chi connectivity index (χ1) is 15.6. The smallest absolute Gasteiger partial charge is 0.271 e. The molecule has 4 aromatic carbocycles. The number of rotatable bonds is 6. The van der Waals surface area contributed by atoms with Crippen LogP contribution in [0, 0.1) is 11.3 Å². The van der Waals surface area contributed by atoms with Gasteiger partial charge >= 0.3 is 0 Å². The summed E-state index contributed by atoms with van der Waals surface area (Å²) in [6.07, 6.45) is 1.57. The summed E-state index contributed by atoms with van der Waals surface area (Å²) in [4.78, 5) is 12.4. The van der Waals surface area contributed by atoms with Gasteiger partial charge in [-0.25, -0.2) is 5.43 Å². The molecule has 4 rings (SSSR count). The SMILES string of the molecule is N#Cc1ccccc1COc1ccc(/C=N\NC(=O)c2ccc3ccccc3c2)cc1Br. The zero-order valence-electron chi connectivity index (χ0n) is 17.0. The lowest BCUT2D eigenvalue weighted by Crippen LogP contribution is -2.17. The van der Waals surface area contributed by atoms with Crippen LogP contribution in [0.4, 0.5) is 0 Å². The number of carbonyl (C=O) groups is 1. The van der Waals surface area contributed by atoms with E-state index in [1.807, 2.05) is 72.8 Å². The quantitative estimate of drug-likeness (QED) is 0.277. The van der Waals surface area contributed by atoms with E-state index in [2.05, 4.69) is 32.5 Å². The van der Waals surface area contributed by atoms with Crippen molar-refractivity contribution < 1.29 is 9.53 Å². The second kappa shape index (κ2) is 9.90. The first-order valence-electron chi connectivity index (χ1n) is 9.86. The van der Waals surface area contributed by atoms with E-state index in [9.17, 15) is 10.1 Å². The molecular weight excluding hydrogens is 466 g/mol. The Balaban J connectivity index is 1.38. The minimum atomic E-state index is -0.276. The lowest BCUT2D eigenvalue weighted by molar-refractivity contribution is 0.0955. The van der Waals surface area contributed by atoms with E-state index in [4.69, 9.17) is 4.74 Å². The Morgan fingerprint density at radius 3 is 2.59 bits per heavy atom. The Morgan fingerprint density at radius 1 is 1.00 bits per heavy atom. The van der Waals surface area contributed by atoms with Gasteiger partial charge in [-0.1, -0.05) is 48.5 Å². The number of benzene rings is 4. The largest absolute Gasteiger partial charge is 0.488 e. The van der Waals surface area contributed by atoms with Crippen LogP contribution in [0.3, 0.4) is 0 Å². The highest BCUT2D eigenvalue weighted by atomic mass is 79.9. The molecule has 0 fully saturated rings. The molecule has 32 heavy (non-hydrogen) atoms. The number of fused-ring (bicyclic) bond motifs is 1. The normalized spacial score (nSPS) is 10.8. The molecule has 0 heterocycles. The average Bonchev–Trinajstić information content (AvgIpc) is 2.83. The van der Waals surface area contributed by atoms with Crippen LogP contribution in [0.2, 0.25) is 0 Å². The van der Waals surface area contributed by atoms with Crippen molar-refractivity contribution in [1.82, 2.24) is 5.43 Å². The topological polar surface area (TPSA) is 74.5 Å². The monoisotopic (exact) mass is 483 g/mol. The first kappa shape index (κ1) is 21.3. The maximum absolute atomic E-state index is 12.4. The molecule has 0 aliphatic rings. The van der Waals surface area contributed by atoms with E-state index < -0.39 is 0 Å². The number of amides is 1. The standard InChI is InChI=1S/C26H18BrN3O2/c27-24-13-18(9-12-25(24)32-17-23-8-4-3-7-22(23)15-28)16-29-30-26(31)21-11-10-19-5-1-2-6-20(19)14-21/h1-14,16H,17H2,(H,30,31)/b29-16-. The van der Waals surface area contributed by atoms with Crippen molar-refractivity contribution in [2.75, 3.05) is 0 Å². The van der Waals surface area contributed by atoms with Gasteiger partial charge in [-0.15, -0.1) is 0 Å². The minimum Gasteiger partial charge on any atom is -0.488 e. The maximum Gasteiger partial charge on any atom is 0.271 e. The molecule has 0 unspecified atom stereocenters. The number of hydrazone groups is 1. The molecule has 1 N–H and O–H groups in total. The van der Waals surface area contributed by atoms with Gasteiger partial charge in [-0.3, -0.25) is 4.79 Å². The lowest BCUT2D eigenvalue weighted by Gasteiger charge is -2.10. The zero-order chi connectivity index (χ0) is 22.3. The lowest BCUT2D eigenvalue weighted by atomic mass is 10.1. The van der Waals surface area contributed by atoms with Crippen LogP contribution < -0.4 is 10.2 Å². The predicted octanol–water partition coefficient (Wildman–Crippen LogP) is 5.82. The fourth-order valence-corrected chi connectivity index (χ4v) is 3.70. The van der Waals surface area contributed by atoms with Gasteiger partial charge in [0, 0.05) is 11.1 Å². The van der Waals surface area contributed by atoms with E-state index in [0.717, 1.165) is 26.4 Å². The third kappa shape index (κ3) is 5.02. The summed E-state index contributed by atoms with van der Waals surface area (Å²) in [6, 6.07) is 28.4. The summed E-state index contributed by atoms with van der Waals surface area (Å²) < 4.78 is 6.59. The number of hydrogen-bond donors (Lipinski definition) is 1. The molecule has 0 saturated heterocycles. The molecule has 0 aromatic heterocycles. The van der Waals surface area contributed by atoms with Gasteiger partial charge in [0.05, 0.1) is 22.3 Å². The summed E-state index contributed by atoms with van der Waals surface area (Å²) in [5.41, 5.74) is 5.31. The molecule has 5 nitrogen and oxygen atoms in total. The Morgan fingerprint density at radius 2 is 1.78 bits per heavy atom. The van der Waals surface area contributed by atoms with Crippen LogP contribution in [0.5, 0.6) is 5.75 Å². The van der Waals surface area contributed by atoms with Crippen molar-refractivity contribution in [2.24, 2.45) is 5.10 Å². The van der Waals surface area contributed by atoms with Gasteiger partial charge in [0.25, 0.3) is 5.91 Å². The maximum atomic E-state index is 12.4. The number of ether oxygens (including phenoxy) is 1. The zero-order valence-corrected chi connectivity index (χ0v) is 18.5. The van der Waals surface area contributed by atoms with Gasteiger partial charge in [-0.05, 0) is 68.7 Å². The molecule has 1 amide bonds. The van der Waals surface area contributed by atoms with Crippen molar-refractivity contribution in [3.05, 3.63) is 112 Å². The number of carbonyl (C=O) groups excluding carboxylic acids is 1. The van der Waals surface area contributed by atoms with E-state index in [1.165, 1.54) is 0 Å². The number of nitrogens with one attached hydrogen (secondary N) is 1. The molecule has 4 aromatic rings. The number of nitrogens with zero attached hydrogens (tertiary/aromatic N) is 2. The Labute approximate surface area is 194 Å². The minimum absolute atomic E-state index is 0.276. The van der Waals surface area contributed by atoms with Crippen molar-refractivity contribution >= 4 is 38.8 Å². The molecular formula is C26H18BrN3O2. The van der Waals surface area contributed by atoms with E-state index in [0.29, 0.717) is 16.9 Å². The number of nitriles is 1. The van der Waals surface area contributed by atoms with Gasteiger partial charge in [0.15, 0.2) is 0 Å². The highest BCUT2D eigenvalue weighted by molar-refractivity contribution is 9.10. The van der Waals surface area contributed by atoms with Crippen LogP contribution in [0.15, 0.2) is 94.5 Å². The Kier molecular flexibility index (Phi) is 6.59. The van der Waals surface area contributed by atoms with Gasteiger partial charge < -0.3 is 4.74 Å². The van der Waals surface area contributed by atoms with E-state index in [1.54, 1.807) is 18.3 Å². The van der Waals surface area contributed by atoms with Crippen molar-refractivity contribution in [2.45, 2.75) is 6.61 Å². The van der Waals surface area contributed by atoms with Crippen LogP contribution in [-0.2, 0) is 6.61 Å². The van der Waals surface area contributed by atoms with Gasteiger partial charge in [-0.2, -0.15) is 10.4 Å². The molecule has 0 atom stereocenters. The molecule has 0 spiro atoms. The van der Waals surface area contributed by atoms with E-state index >= 15 is 0 Å². The molecule has 0 aliphatic heterocycles. The molecule has 6 heteroatoms. The summed E-state index contributed by atoms with van der Waals surface area (Å²) in [5, 5.41) is 15.3. The molecule has 156 valence electrons.